The molecule has 0 radical (unpaired) electrons. The molecule has 1 heterocycles. The second-order valence-corrected chi connectivity index (χ2v) is 8.82. The number of hydrogen-bond donors (Lipinski definition) is 1. The van der Waals surface area contributed by atoms with Gasteiger partial charge >= 0.3 is 0 Å². The molecule has 6 rings (SSSR count). The Labute approximate surface area is 220 Å². The minimum absolute atomic E-state index is 0. The van der Waals surface area contributed by atoms with Gasteiger partial charge in [0.25, 0.3) is 5.91 Å². The first-order valence-corrected chi connectivity index (χ1v) is 11.7. The lowest BCUT2D eigenvalue weighted by Crippen LogP contribution is -3.00. The number of para-hydroxylation sites is 1. The summed E-state index contributed by atoms with van der Waals surface area (Å²) in [7, 11) is 0. The number of amides is 1. The highest BCUT2D eigenvalue weighted by Gasteiger charge is 2.22. The number of anilines is 1. The Morgan fingerprint density at radius 1 is 0.722 bits per heavy atom. The highest BCUT2D eigenvalue weighted by Crippen LogP contribution is 2.36. The van der Waals surface area contributed by atoms with Crippen molar-refractivity contribution < 1.29 is 31.1 Å². The van der Waals surface area contributed by atoms with Crippen LogP contribution in [0.25, 0.3) is 22.0 Å². The lowest BCUT2D eigenvalue weighted by Gasteiger charge is -2.09. The molecule has 1 N–H and O–H groups in total. The number of Topliss-reactive ketones (excluding diaryl/α,β-unsaturated/α-hetero) is 1. The van der Waals surface area contributed by atoms with E-state index in [0.29, 0.717) is 11.3 Å². The van der Waals surface area contributed by atoms with E-state index in [-0.39, 0.29) is 35.2 Å². The van der Waals surface area contributed by atoms with Crippen molar-refractivity contribution in [3.05, 3.63) is 132 Å². The van der Waals surface area contributed by atoms with Crippen LogP contribution < -0.4 is 26.9 Å². The molecular weight excluding hydrogens is 512 g/mol. The summed E-state index contributed by atoms with van der Waals surface area (Å²) in [5, 5.41) is 3.90. The maximum atomic E-state index is 13.3. The zero-order chi connectivity index (χ0) is 23.8. The average Bonchev–Trinajstić information content (AvgIpc) is 3.28. The maximum Gasteiger partial charge on any atom is 0.255 e. The Morgan fingerprint density at radius 2 is 1.44 bits per heavy atom. The van der Waals surface area contributed by atoms with Crippen LogP contribution in [0.3, 0.4) is 0 Å². The van der Waals surface area contributed by atoms with E-state index in [2.05, 4.69) is 35.6 Å². The van der Waals surface area contributed by atoms with Gasteiger partial charge in [0, 0.05) is 23.3 Å². The van der Waals surface area contributed by atoms with Crippen LogP contribution in [-0.2, 0) is 13.0 Å². The number of rotatable bonds is 5. The van der Waals surface area contributed by atoms with Gasteiger partial charge in [0.05, 0.1) is 11.1 Å². The van der Waals surface area contributed by atoms with Crippen molar-refractivity contribution in [3.8, 4) is 11.1 Å². The Balaban J connectivity index is 0.00000267. The standard InChI is InChI=1S/C31H22N2O2.BrH/c34-30(23-14-15-26-24(19-23)18-22-10-4-5-11-25(22)26)20-33-17-16-28(27-12-6-7-13-29(27)33)32-31(35)21-8-2-1-3-9-21;/h1-17,19H,18,20H2;1H. The third-order valence-electron chi connectivity index (χ3n) is 6.64. The second-order valence-electron chi connectivity index (χ2n) is 8.82. The van der Waals surface area contributed by atoms with Crippen molar-refractivity contribution in [2.24, 2.45) is 0 Å². The number of hydrogen-bond acceptors (Lipinski definition) is 2. The number of carbonyl (C=O) groups is 2. The predicted octanol–water partition coefficient (Wildman–Crippen LogP) is 2.84. The van der Waals surface area contributed by atoms with Crippen molar-refractivity contribution in [2.45, 2.75) is 13.0 Å². The van der Waals surface area contributed by atoms with Gasteiger partial charge in [-0.05, 0) is 52.9 Å². The Kier molecular flexibility index (Phi) is 6.49. The van der Waals surface area contributed by atoms with Crippen LogP contribution >= 0.6 is 0 Å². The molecule has 0 saturated heterocycles. The summed E-state index contributed by atoms with van der Waals surface area (Å²) in [6, 6.07) is 33.3. The van der Waals surface area contributed by atoms with Crippen LogP contribution in [0.1, 0.15) is 31.8 Å². The number of pyridine rings is 1. The van der Waals surface area contributed by atoms with Gasteiger partial charge in [-0.25, -0.2) is 0 Å². The van der Waals surface area contributed by atoms with E-state index >= 15 is 0 Å². The number of carbonyl (C=O) groups excluding carboxylic acids is 2. The molecule has 4 aromatic carbocycles. The molecular formula is C31H23BrN2O2. The molecule has 1 aliphatic carbocycles. The number of ketones is 1. The molecule has 0 aliphatic heterocycles. The maximum absolute atomic E-state index is 13.3. The molecule has 5 heteroatoms. The van der Waals surface area contributed by atoms with E-state index in [1.54, 1.807) is 12.1 Å². The third-order valence-corrected chi connectivity index (χ3v) is 6.64. The molecule has 0 atom stereocenters. The van der Waals surface area contributed by atoms with Gasteiger partial charge in [0.15, 0.2) is 6.20 Å². The number of fused-ring (bicyclic) bond motifs is 4. The van der Waals surface area contributed by atoms with Crippen LogP contribution in [0, 0.1) is 0 Å². The molecule has 1 aromatic heterocycles. The summed E-state index contributed by atoms with van der Waals surface area (Å²) >= 11 is 0. The van der Waals surface area contributed by atoms with Crippen molar-refractivity contribution >= 4 is 28.3 Å². The minimum Gasteiger partial charge on any atom is -1.00 e. The molecule has 36 heavy (non-hydrogen) atoms. The summed E-state index contributed by atoms with van der Waals surface area (Å²) in [4.78, 5) is 26.0. The number of aromatic nitrogens is 1. The summed E-state index contributed by atoms with van der Waals surface area (Å²) < 4.78 is 1.94. The van der Waals surface area contributed by atoms with Gasteiger partial charge in [-0.15, -0.1) is 0 Å². The topological polar surface area (TPSA) is 50.0 Å². The molecule has 0 fully saturated rings. The lowest BCUT2D eigenvalue weighted by molar-refractivity contribution is -0.657. The summed E-state index contributed by atoms with van der Waals surface area (Å²) in [5.41, 5.74) is 7.90. The summed E-state index contributed by atoms with van der Waals surface area (Å²) in [5.74, 6) is -0.108. The normalized spacial score (nSPS) is 11.3. The van der Waals surface area contributed by atoms with Crippen molar-refractivity contribution in [3.63, 3.8) is 0 Å². The first-order valence-electron chi connectivity index (χ1n) is 11.7. The van der Waals surface area contributed by atoms with Crippen LogP contribution in [0.2, 0.25) is 0 Å². The molecule has 0 saturated carbocycles. The quantitative estimate of drug-likeness (QED) is 0.273. The van der Waals surface area contributed by atoms with E-state index in [1.165, 1.54) is 22.3 Å². The van der Waals surface area contributed by atoms with Crippen LogP contribution in [0.4, 0.5) is 5.69 Å². The molecule has 176 valence electrons. The Morgan fingerprint density at radius 3 is 2.31 bits per heavy atom. The smallest absolute Gasteiger partial charge is 0.255 e. The SMILES string of the molecule is O=C(C[n+]1ccc(NC(=O)c2ccccc2)c2ccccc21)c1ccc2c(c1)Cc1ccccc1-2.[Br-]. The van der Waals surface area contributed by atoms with Crippen LogP contribution in [-0.4, -0.2) is 11.7 Å². The Hall–Kier alpha value is -4.09. The van der Waals surface area contributed by atoms with Crippen molar-refractivity contribution in [1.82, 2.24) is 0 Å². The van der Waals surface area contributed by atoms with E-state index in [1.807, 2.05) is 71.4 Å². The Bertz CT molecular complexity index is 1610. The predicted molar refractivity (Wildman–Crippen MR) is 138 cm³/mol. The number of nitrogens with zero attached hydrogens (tertiary/aromatic N) is 1. The van der Waals surface area contributed by atoms with Crippen LogP contribution in [0.5, 0.6) is 0 Å². The van der Waals surface area contributed by atoms with Gasteiger partial charge in [-0.2, -0.15) is 4.57 Å². The zero-order valence-corrected chi connectivity index (χ0v) is 21.0. The second kappa shape index (κ2) is 9.88. The van der Waals surface area contributed by atoms with E-state index in [4.69, 9.17) is 0 Å². The fourth-order valence-corrected chi connectivity index (χ4v) is 4.88. The first-order chi connectivity index (χ1) is 17.2. The molecule has 1 aliphatic rings. The van der Waals surface area contributed by atoms with Gasteiger partial charge < -0.3 is 22.3 Å². The van der Waals surface area contributed by atoms with Crippen LogP contribution in [0.15, 0.2) is 109 Å². The highest BCUT2D eigenvalue weighted by atomic mass is 79.9. The fourth-order valence-electron chi connectivity index (χ4n) is 4.88. The monoisotopic (exact) mass is 534 g/mol. The molecule has 5 aromatic rings. The molecule has 0 bridgehead atoms. The van der Waals surface area contributed by atoms with E-state index in [0.717, 1.165) is 22.9 Å². The molecule has 0 spiro atoms. The summed E-state index contributed by atoms with van der Waals surface area (Å²) in [6.07, 6.45) is 2.72. The van der Waals surface area contributed by atoms with E-state index < -0.39 is 0 Å². The fraction of sp³-hybridized carbons (Fsp3) is 0.0645. The number of nitrogens with one attached hydrogen (secondary N) is 1. The van der Waals surface area contributed by atoms with Gasteiger partial charge in [-0.3, -0.25) is 9.59 Å². The largest absolute Gasteiger partial charge is 1.00 e. The lowest BCUT2D eigenvalue weighted by atomic mass is 10.0. The van der Waals surface area contributed by atoms with Gasteiger partial charge in [0.2, 0.25) is 17.8 Å². The molecule has 4 nitrogen and oxygen atoms in total. The number of benzene rings is 4. The average molecular weight is 535 g/mol. The highest BCUT2D eigenvalue weighted by molar-refractivity contribution is 6.08. The summed E-state index contributed by atoms with van der Waals surface area (Å²) in [6.45, 7) is 0.221. The van der Waals surface area contributed by atoms with Crippen molar-refractivity contribution in [2.75, 3.05) is 5.32 Å². The third kappa shape index (κ3) is 4.34. The number of halogens is 1. The van der Waals surface area contributed by atoms with Gasteiger partial charge in [0.1, 0.15) is 0 Å². The first kappa shape index (κ1) is 23.6. The minimum atomic E-state index is -0.163. The van der Waals surface area contributed by atoms with Crippen molar-refractivity contribution in [1.29, 1.82) is 0 Å². The van der Waals surface area contributed by atoms with E-state index in [9.17, 15) is 9.59 Å². The molecule has 1 amide bonds. The zero-order valence-electron chi connectivity index (χ0n) is 19.4. The molecule has 0 unspecified atom stereocenters. The van der Waals surface area contributed by atoms with Gasteiger partial charge in [-0.1, -0.05) is 66.7 Å².